The predicted octanol–water partition coefficient (Wildman–Crippen LogP) is 5.26. The van der Waals surface area contributed by atoms with Gasteiger partial charge in [-0.25, -0.2) is 4.98 Å². The minimum atomic E-state index is 0.0316. The first-order valence-corrected chi connectivity index (χ1v) is 12.9. The lowest BCUT2D eigenvalue weighted by atomic mass is 9.95. The number of fused-ring (bicyclic) bond motifs is 1. The zero-order valence-electron chi connectivity index (χ0n) is 19.4. The van der Waals surface area contributed by atoms with Gasteiger partial charge in [-0.05, 0) is 55.5 Å². The number of nitrogens with zero attached hydrogens (tertiary/aromatic N) is 3. The first-order chi connectivity index (χ1) is 16.5. The molecular weight excluding hydrogens is 471 g/mol. The number of nitrogens with one attached hydrogen (secondary N) is 1. The summed E-state index contributed by atoms with van der Waals surface area (Å²) >= 11 is 12.7. The Hall–Kier alpha value is -2.28. The van der Waals surface area contributed by atoms with Crippen molar-refractivity contribution in [3.63, 3.8) is 0 Å². The summed E-state index contributed by atoms with van der Waals surface area (Å²) < 4.78 is 7.56. The van der Waals surface area contributed by atoms with Crippen LogP contribution in [0.1, 0.15) is 31.7 Å². The summed E-state index contributed by atoms with van der Waals surface area (Å²) in [6.07, 6.45) is 3.61. The van der Waals surface area contributed by atoms with Gasteiger partial charge < -0.3 is 15.0 Å². The van der Waals surface area contributed by atoms with Gasteiger partial charge in [0.1, 0.15) is 0 Å². The quantitative estimate of drug-likeness (QED) is 0.501. The molecule has 1 aromatic heterocycles. The van der Waals surface area contributed by atoms with E-state index in [1.807, 2.05) is 12.1 Å². The third-order valence-corrected chi connectivity index (χ3v) is 7.74. The fourth-order valence-electron chi connectivity index (χ4n) is 4.88. The van der Waals surface area contributed by atoms with Crippen LogP contribution in [-0.4, -0.2) is 48.3 Å². The number of piperidine rings is 1. The number of amides is 1. The third-order valence-electron chi connectivity index (χ3n) is 7.02. The number of halogens is 2. The van der Waals surface area contributed by atoms with E-state index in [2.05, 4.69) is 46.0 Å². The maximum absolute atomic E-state index is 12.7. The normalized spacial score (nSPS) is 19.1. The molecule has 0 bridgehead atoms. The van der Waals surface area contributed by atoms with E-state index in [-0.39, 0.29) is 11.8 Å². The summed E-state index contributed by atoms with van der Waals surface area (Å²) in [6.45, 7) is 5.95. The molecule has 2 aliphatic rings. The highest BCUT2D eigenvalue weighted by Crippen LogP contribution is 2.34. The maximum Gasteiger partial charge on any atom is 0.223 e. The van der Waals surface area contributed by atoms with Crippen molar-refractivity contribution in [2.75, 3.05) is 37.7 Å². The monoisotopic (exact) mass is 500 g/mol. The van der Waals surface area contributed by atoms with Crippen molar-refractivity contribution in [1.29, 1.82) is 0 Å². The van der Waals surface area contributed by atoms with E-state index < -0.39 is 0 Å². The molecule has 2 aromatic carbocycles. The lowest BCUT2D eigenvalue weighted by Crippen LogP contribution is -2.42. The van der Waals surface area contributed by atoms with Crippen LogP contribution >= 0.6 is 23.2 Å². The van der Waals surface area contributed by atoms with Crippen molar-refractivity contribution in [2.24, 2.45) is 11.8 Å². The second-order valence-electron chi connectivity index (χ2n) is 9.26. The van der Waals surface area contributed by atoms with Crippen molar-refractivity contribution in [3.8, 4) is 5.69 Å². The predicted molar refractivity (Wildman–Crippen MR) is 137 cm³/mol. The average Bonchev–Trinajstić information content (AvgIpc) is 3.51. The number of aryl methyl sites for hydroxylation is 1. The van der Waals surface area contributed by atoms with Crippen molar-refractivity contribution in [3.05, 3.63) is 52.0 Å². The van der Waals surface area contributed by atoms with E-state index in [0.29, 0.717) is 22.5 Å². The molecule has 1 unspecified atom stereocenters. The molecule has 2 aliphatic heterocycles. The molecule has 34 heavy (non-hydrogen) atoms. The zero-order chi connectivity index (χ0) is 23.7. The largest absolute Gasteiger partial charge is 0.381 e. The molecule has 1 amide bonds. The Morgan fingerprint density at radius 2 is 1.85 bits per heavy atom. The second kappa shape index (κ2) is 10.1. The van der Waals surface area contributed by atoms with Crippen molar-refractivity contribution in [2.45, 2.75) is 32.6 Å². The molecule has 0 aliphatic carbocycles. The van der Waals surface area contributed by atoms with Crippen molar-refractivity contribution >= 4 is 46.1 Å². The van der Waals surface area contributed by atoms with Crippen LogP contribution in [0.3, 0.4) is 0 Å². The van der Waals surface area contributed by atoms with Crippen LogP contribution in [0, 0.1) is 11.8 Å². The highest BCUT2D eigenvalue weighted by Gasteiger charge is 2.29. The number of carbonyl (C=O) groups excluding carboxylic acids is 1. The molecule has 3 heterocycles. The van der Waals surface area contributed by atoms with E-state index in [0.717, 1.165) is 74.7 Å². The Balaban J connectivity index is 1.37. The van der Waals surface area contributed by atoms with Gasteiger partial charge in [0, 0.05) is 43.8 Å². The molecule has 5 rings (SSSR count). The van der Waals surface area contributed by atoms with Crippen LogP contribution in [0.4, 0.5) is 5.95 Å². The summed E-state index contributed by atoms with van der Waals surface area (Å²) in [6, 6.07) is 12.3. The number of anilines is 1. The topological polar surface area (TPSA) is 59.4 Å². The number of rotatable bonds is 6. The van der Waals surface area contributed by atoms with E-state index in [1.54, 1.807) is 0 Å². The molecule has 0 radical (unpaired) electrons. The summed E-state index contributed by atoms with van der Waals surface area (Å²) in [5.74, 6) is 1.50. The van der Waals surface area contributed by atoms with Crippen molar-refractivity contribution < 1.29 is 9.53 Å². The number of benzene rings is 2. The molecule has 6 nitrogen and oxygen atoms in total. The first kappa shape index (κ1) is 23.5. The first-order valence-electron chi connectivity index (χ1n) is 12.1. The number of hydrogen-bond acceptors (Lipinski definition) is 4. The van der Waals surface area contributed by atoms with Crippen LogP contribution in [0.25, 0.3) is 16.7 Å². The molecule has 0 saturated carbocycles. The Morgan fingerprint density at radius 3 is 2.53 bits per heavy atom. The maximum atomic E-state index is 12.7. The standard InChI is InChI=1S/C26H30Cl2N4O2/c1-2-17-3-5-20(6-4-17)32-24-14-22(28)21(27)13-23(24)30-26(32)31-10-7-19(8-11-31)25(33)29-15-18-9-12-34-16-18/h3-6,13-14,18-19H,2,7-12,15-16H2,1H3,(H,29,33). The van der Waals surface area contributed by atoms with Crippen LogP contribution in [0.5, 0.6) is 0 Å². The molecule has 2 fully saturated rings. The SMILES string of the molecule is CCc1ccc(-n2c(N3CCC(C(=O)NCC4CCOC4)CC3)nc3cc(Cl)c(Cl)cc32)cc1. The fraction of sp³-hybridized carbons (Fsp3) is 0.462. The number of imidazole rings is 1. The summed E-state index contributed by atoms with van der Waals surface area (Å²) in [4.78, 5) is 20.0. The van der Waals surface area contributed by atoms with Gasteiger partial charge in [0.15, 0.2) is 0 Å². The molecular formula is C26H30Cl2N4O2. The van der Waals surface area contributed by atoms with E-state index in [9.17, 15) is 4.79 Å². The smallest absolute Gasteiger partial charge is 0.223 e. The van der Waals surface area contributed by atoms with Gasteiger partial charge in [-0.15, -0.1) is 0 Å². The summed E-state index contributed by atoms with van der Waals surface area (Å²) in [7, 11) is 0. The van der Waals surface area contributed by atoms with Gasteiger partial charge in [-0.3, -0.25) is 9.36 Å². The lowest BCUT2D eigenvalue weighted by Gasteiger charge is -2.32. The molecule has 1 atom stereocenters. The third kappa shape index (κ3) is 4.77. The number of hydrogen-bond donors (Lipinski definition) is 1. The number of aromatic nitrogens is 2. The van der Waals surface area contributed by atoms with Gasteiger partial charge >= 0.3 is 0 Å². The fourth-order valence-corrected chi connectivity index (χ4v) is 5.20. The number of ether oxygens (including phenoxy) is 1. The van der Waals surface area contributed by atoms with Crippen LogP contribution in [0.15, 0.2) is 36.4 Å². The Labute approximate surface area is 210 Å². The molecule has 3 aromatic rings. The molecule has 2 saturated heterocycles. The zero-order valence-corrected chi connectivity index (χ0v) is 20.9. The Kier molecular flexibility index (Phi) is 7.00. The van der Waals surface area contributed by atoms with Gasteiger partial charge in [0.25, 0.3) is 0 Å². The average molecular weight is 501 g/mol. The minimum Gasteiger partial charge on any atom is -0.381 e. The highest BCUT2D eigenvalue weighted by atomic mass is 35.5. The second-order valence-corrected chi connectivity index (χ2v) is 10.1. The van der Waals surface area contributed by atoms with Gasteiger partial charge in [-0.2, -0.15) is 0 Å². The van der Waals surface area contributed by atoms with E-state index in [1.165, 1.54) is 5.56 Å². The lowest BCUT2D eigenvalue weighted by molar-refractivity contribution is -0.125. The molecule has 8 heteroatoms. The highest BCUT2D eigenvalue weighted by molar-refractivity contribution is 6.42. The van der Waals surface area contributed by atoms with E-state index in [4.69, 9.17) is 32.9 Å². The van der Waals surface area contributed by atoms with Gasteiger partial charge in [0.05, 0.1) is 27.7 Å². The van der Waals surface area contributed by atoms with Crippen LogP contribution in [-0.2, 0) is 16.0 Å². The van der Waals surface area contributed by atoms with Crippen molar-refractivity contribution in [1.82, 2.24) is 14.9 Å². The molecule has 1 N–H and O–H groups in total. The van der Waals surface area contributed by atoms with Crippen LogP contribution in [0.2, 0.25) is 10.0 Å². The number of carbonyl (C=O) groups is 1. The molecule has 0 spiro atoms. The molecule has 180 valence electrons. The summed E-state index contributed by atoms with van der Waals surface area (Å²) in [5.41, 5.74) is 4.05. The minimum absolute atomic E-state index is 0.0316. The Bertz CT molecular complexity index is 1160. The van der Waals surface area contributed by atoms with Gasteiger partial charge in [0.2, 0.25) is 11.9 Å². The van der Waals surface area contributed by atoms with Gasteiger partial charge in [-0.1, -0.05) is 42.3 Å². The van der Waals surface area contributed by atoms with E-state index >= 15 is 0 Å². The summed E-state index contributed by atoms with van der Waals surface area (Å²) in [5, 5.41) is 4.15. The van der Waals surface area contributed by atoms with Crippen LogP contribution < -0.4 is 10.2 Å². The Morgan fingerprint density at radius 1 is 1.12 bits per heavy atom.